The van der Waals surface area contributed by atoms with E-state index in [1.807, 2.05) is 13.0 Å². The fraction of sp³-hybridized carbons (Fsp3) is 0.467. The lowest BCUT2D eigenvalue weighted by molar-refractivity contribution is 0.102. The van der Waals surface area contributed by atoms with Crippen molar-refractivity contribution in [1.29, 1.82) is 0 Å². The summed E-state index contributed by atoms with van der Waals surface area (Å²) in [5.74, 6) is 0.476. The Morgan fingerprint density at radius 2 is 2.14 bits per heavy atom. The number of nitrogen functional groups attached to an aromatic ring is 1. The van der Waals surface area contributed by atoms with E-state index in [1.165, 1.54) is 29.7 Å². The van der Waals surface area contributed by atoms with E-state index in [-0.39, 0.29) is 5.91 Å². The van der Waals surface area contributed by atoms with Gasteiger partial charge in [0.25, 0.3) is 5.91 Å². The Morgan fingerprint density at radius 1 is 1.38 bits per heavy atom. The Kier molecular flexibility index (Phi) is 3.71. The first-order valence-corrected chi connectivity index (χ1v) is 8.10. The number of aromatic nitrogens is 2. The van der Waals surface area contributed by atoms with Gasteiger partial charge in [-0.3, -0.25) is 9.48 Å². The number of nitrogens with zero attached hydrogens (tertiary/aromatic N) is 2. The maximum atomic E-state index is 12.4. The van der Waals surface area contributed by atoms with E-state index in [2.05, 4.69) is 10.4 Å². The zero-order chi connectivity index (χ0) is 15.0. The van der Waals surface area contributed by atoms with Crippen LogP contribution in [-0.2, 0) is 19.9 Å². The van der Waals surface area contributed by atoms with Gasteiger partial charge in [0.2, 0.25) is 0 Å². The van der Waals surface area contributed by atoms with E-state index in [0.717, 1.165) is 23.4 Å². The predicted octanol–water partition coefficient (Wildman–Crippen LogP) is 2.89. The Balaban J connectivity index is 1.82. The number of fused-ring (bicyclic) bond motifs is 1. The molecular formula is C15H20N4OS. The molecule has 0 bridgehead atoms. The molecule has 0 aliphatic heterocycles. The van der Waals surface area contributed by atoms with Crippen LogP contribution in [0.1, 0.15) is 45.1 Å². The third-order valence-corrected chi connectivity index (χ3v) is 5.21. The van der Waals surface area contributed by atoms with E-state index in [1.54, 1.807) is 23.1 Å². The van der Waals surface area contributed by atoms with Crippen molar-refractivity contribution >= 4 is 28.7 Å². The zero-order valence-electron chi connectivity index (χ0n) is 12.4. The van der Waals surface area contributed by atoms with Crippen molar-refractivity contribution < 1.29 is 4.79 Å². The summed E-state index contributed by atoms with van der Waals surface area (Å²) >= 11 is 1.61. The summed E-state index contributed by atoms with van der Waals surface area (Å²) in [5.41, 5.74) is 8.56. The van der Waals surface area contributed by atoms with Crippen LogP contribution in [-0.4, -0.2) is 15.7 Å². The van der Waals surface area contributed by atoms with E-state index in [9.17, 15) is 4.79 Å². The molecule has 3 N–H and O–H groups in total. The zero-order valence-corrected chi connectivity index (χ0v) is 13.2. The number of hydrogen-bond donors (Lipinski definition) is 2. The lowest BCUT2D eigenvalue weighted by Gasteiger charge is -2.05. The third kappa shape index (κ3) is 2.68. The van der Waals surface area contributed by atoms with E-state index in [0.29, 0.717) is 11.5 Å². The van der Waals surface area contributed by atoms with Gasteiger partial charge in [-0.1, -0.05) is 6.42 Å². The first-order valence-electron chi connectivity index (χ1n) is 7.28. The van der Waals surface area contributed by atoms with Gasteiger partial charge in [0.1, 0.15) is 0 Å². The molecule has 3 rings (SSSR count). The summed E-state index contributed by atoms with van der Waals surface area (Å²) in [6, 6.07) is 2.04. The van der Waals surface area contributed by atoms with Crippen LogP contribution >= 0.6 is 11.3 Å². The number of carbonyl (C=O) groups excluding carboxylic acids is 1. The summed E-state index contributed by atoms with van der Waals surface area (Å²) in [6.07, 6.45) is 5.92. The van der Waals surface area contributed by atoms with Crippen molar-refractivity contribution in [2.45, 2.75) is 39.0 Å². The molecule has 2 aromatic heterocycles. The molecule has 0 saturated heterocycles. The quantitative estimate of drug-likeness (QED) is 0.838. The number of carbonyl (C=O) groups is 1. The number of thiophene rings is 1. The fourth-order valence-corrected chi connectivity index (χ4v) is 3.92. The molecule has 0 fully saturated rings. The summed E-state index contributed by atoms with van der Waals surface area (Å²) in [6.45, 7) is 1.83. The van der Waals surface area contributed by atoms with E-state index >= 15 is 0 Å². The molecule has 1 aliphatic carbocycles. The monoisotopic (exact) mass is 304 g/mol. The average Bonchev–Trinajstić information content (AvgIpc) is 2.86. The molecule has 6 heteroatoms. The number of rotatable bonds is 2. The van der Waals surface area contributed by atoms with Crippen LogP contribution in [0.5, 0.6) is 0 Å². The molecule has 2 aromatic rings. The number of aryl methyl sites for hydroxylation is 4. The third-order valence-electron chi connectivity index (χ3n) is 3.97. The normalized spacial score (nSPS) is 14.6. The topological polar surface area (TPSA) is 72.9 Å². The fourth-order valence-electron chi connectivity index (χ4n) is 2.77. The lowest BCUT2D eigenvalue weighted by atomic mass is 10.1. The van der Waals surface area contributed by atoms with Gasteiger partial charge < -0.3 is 11.1 Å². The van der Waals surface area contributed by atoms with Gasteiger partial charge in [0, 0.05) is 11.9 Å². The molecule has 0 spiro atoms. The number of anilines is 2. The van der Waals surface area contributed by atoms with Crippen molar-refractivity contribution in [3.63, 3.8) is 0 Å². The Hall–Kier alpha value is -1.82. The van der Waals surface area contributed by atoms with Crippen LogP contribution < -0.4 is 11.1 Å². The molecule has 0 atom stereocenters. The summed E-state index contributed by atoms with van der Waals surface area (Å²) < 4.78 is 1.61. The first kappa shape index (κ1) is 14.1. The maximum absolute atomic E-state index is 12.4. The smallest absolute Gasteiger partial charge is 0.266 e. The number of amides is 1. The van der Waals surface area contributed by atoms with E-state index < -0.39 is 0 Å². The van der Waals surface area contributed by atoms with Crippen LogP contribution in [0.3, 0.4) is 0 Å². The minimum absolute atomic E-state index is 0.0947. The largest absolute Gasteiger partial charge is 0.394 e. The van der Waals surface area contributed by atoms with Gasteiger partial charge >= 0.3 is 0 Å². The lowest BCUT2D eigenvalue weighted by Crippen LogP contribution is -2.14. The van der Waals surface area contributed by atoms with Gasteiger partial charge in [-0.2, -0.15) is 5.10 Å². The van der Waals surface area contributed by atoms with Crippen LogP contribution in [0, 0.1) is 6.92 Å². The minimum Gasteiger partial charge on any atom is -0.394 e. The summed E-state index contributed by atoms with van der Waals surface area (Å²) in [5, 5.41) is 7.10. The molecule has 5 nitrogen and oxygen atoms in total. The van der Waals surface area contributed by atoms with Crippen LogP contribution in [0.4, 0.5) is 11.5 Å². The highest BCUT2D eigenvalue weighted by Gasteiger charge is 2.19. The van der Waals surface area contributed by atoms with Gasteiger partial charge in [-0.05, 0) is 44.2 Å². The standard InChI is InChI=1S/C15H20N4OS/c1-9-13(16)14(19(2)18-9)17-15(20)12-8-10-6-4-3-5-7-11(10)21-12/h8H,3-7,16H2,1-2H3,(H,17,20). The Labute approximate surface area is 128 Å². The second kappa shape index (κ2) is 5.52. The molecule has 1 aliphatic rings. The molecule has 0 saturated carbocycles. The van der Waals surface area contributed by atoms with Crippen LogP contribution in [0.2, 0.25) is 0 Å². The molecule has 0 radical (unpaired) electrons. The molecule has 0 aromatic carbocycles. The first-order chi connectivity index (χ1) is 10.1. The van der Waals surface area contributed by atoms with Gasteiger partial charge in [0.15, 0.2) is 5.82 Å². The van der Waals surface area contributed by atoms with Crippen molar-refractivity contribution in [2.24, 2.45) is 7.05 Å². The number of nitrogens with two attached hydrogens (primary N) is 1. The molecule has 21 heavy (non-hydrogen) atoms. The highest BCUT2D eigenvalue weighted by atomic mass is 32.1. The maximum Gasteiger partial charge on any atom is 0.266 e. The SMILES string of the molecule is Cc1nn(C)c(NC(=O)c2cc3c(s2)CCCCC3)c1N. The molecule has 112 valence electrons. The summed E-state index contributed by atoms with van der Waals surface area (Å²) in [4.78, 5) is 14.6. The molecule has 2 heterocycles. The average molecular weight is 304 g/mol. The number of hydrogen-bond acceptors (Lipinski definition) is 4. The minimum atomic E-state index is -0.0947. The van der Waals surface area contributed by atoms with Crippen molar-refractivity contribution in [1.82, 2.24) is 9.78 Å². The van der Waals surface area contributed by atoms with Gasteiger partial charge in [-0.15, -0.1) is 11.3 Å². The molecular weight excluding hydrogens is 284 g/mol. The second-order valence-corrected chi connectivity index (χ2v) is 6.68. The Bertz CT molecular complexity index is 663. The highest BCUT2D eigenvalue weighted by Crippen LogP contribution is 2.30. The van der Waals surface area contributed by atoms with Crippen molar-refractivity contribution in [3.8, 4) is 0 Å². The van der Waals surface area contributed by atoms with Gasteiger partial charge in [0.05, 0.1) is 16.3 Å². The highest BCUT2D eigenvalue weighted by molar-refractivity contribution is 7.14. The van der Waals surface area contributed by atoms with E-state index in [4.69, 9.17) is 5.73 Å². The van der Waals surface area contributed by atoms with Crippen molar-refractivity contribution in [2.75, 3.05) is 11.1 Å². The summed E-state index contributed by atoms with van der Waals surface area (Å²) in [7, 11) is 1.78. The molecule has 1 amide bonds. The van der Waals surface area contributed by atoms with Crippen molar-refractivity contribution in [3.05, 3.63) is 27.1 Å². The van der Waals surface area contributed by atoms with Crippen LogP contribution in [0.25, 0.3) is 0 Å². The Morgan fingerprint density at radius 3 is 2.86 bits per heavy atom. The number of nitrogens with one attached hydrogen (secondary N) is 1. The second-order valence-electron chi connectivity index (χ2n) is 5.55. The predicted molar refractivity (Wildman–Crippen MR) is 85.9 cm³/mol. The molecule has 0 unspecified atom stereocenters. The van der Waals surface area contributed by atoms with Crippen LogP contribution in [0.15, 0.2) is 6.07 Å². The van der Waals surface area contributed by atoms with Gasteiger partial charge in [-0.25, -0.2) is 0 Å².